The van der Waals surface area contributed by atoms with E-state index in [1.807, 2.05) is 12.2 Å². The van der Waals surface area contributed by atoms with E-state index in [1.165, 1.54) is 0 Å². The van der Waals surface area contributed by atoms with Gasteiger partial charge in [0.2, 0.25) is 0 Å². The van der Waals surface area contributed by atoms with E-state index >= 15 is 0 Å². The van der Waals surface area contributed by atoms with Crippen molar-refractivity contribution in [2.75, 3.05) is 39.6 Å². The van der Waals surface area contributed by atoms with E-state index < -0.39 is 97.5 Å². The Morgan fingerprint density at radius 3 is 0.843 bits per heavy atom. The molecule has 5 atom stereocenters. The Bertz CT molecular complexity index is 2650. The highest BCUT2D eigenvalue weighted by Crippen LogP contribution is 2.45. The van der Waals surface area contributed by atoms with Crippen molar-refractivity contribution in [3.8, 4) is 0 Å². The zero-order valence-electron chi connectivity index (χ0n) is 62.7. The highest BCUT2D eigenvalue weighted by atomic mass is 31.2. The van der Waals surface area contributed by atoms with Crippen LogP contribution >= 0.6 is 15.6 Å². The van der Waals surface area contributed by atoms with E-state index in [0.717, 1.165) is 167 Å². The average molecular weight is 1460 g/mol. The van der Waals surface area contributed by atoms with E-state index in [1.54, 1.807) is 0 Å². The summed E-state index contributed by atoms with van der Waals surface area (Å²) in [5.74, 6) is -2.36. The quantitative estimate of drug-likeness (QED) is 0.0169. The minimum absolute atomic E-state index is 0.0282. The van der Waals surface area contributed by atoms with Gasteiger partial charge in [0.15, 0.2) is 12.2 Å². The zero-order valence-corrected chi connectivity index (χ0v) is 64.5. The van der Waals surface area contributed by atoms with Gasteiger partial charge in [-0.05, 0) is 167 Å². The molecule has 0 bridgehead atoms. The first kappa shape index (κ1) is 96.2. The fourth-order valence-corrected chi connectivity index (χ4v) is 10.7. The summed E-state index contributed by atoms with van der Waals surface area (Å²) >= 11 is 0. The number of carbonyl (C=O) groups excluding carboxylic acids is 4. The summed E-state index contributed by atoms with van der Waals surface area (Å²) < 4.78 is 68.3. The molecule has 0 aromatic carbocycles. The largest absolute Gasteiger partial charge is 0.472 e. The number of allylic oxidation sites excluding steroid dienone is 30. The third-order valence-electron chi connectivity index (χ3n) is 14.8. The summed E-state index contributed by atoms with van der Waals surface area (Å²) in [5.41, 5.74) is 0. The molecule has 576 valence electrons. The molecule has 0 fully saturated rings. The highest BCUT2D eigenvalue weighted by Gasteiger charge is 2.30. The van der Waals surface area contributed by atoms with Crippen LogP contribution in [0.1, 0.15) is 259 Å². The molecule has 102 heavy (non-hydrogen) atoms. The third-order valence-corrected chi connectivity index (χ3v) is 16.7. The van der Waals surface area contributed by atoms with Gasteiger partial charge in [-0.3, -0.25) is 37.3 Å². The van der Waals surface area contributed by atoms with Gasteiger partial charge in [-0.25, -0.2) is 9.13 Å². The second-order valence-corrected chi connectivity index (χ2v) is 27.3. The summed E-state index contributed by atoms with van der Waals surface area (Å²) in [6.45, 7) is 4.27. The van der Waals surface area contributed by atoms with Gasteiger partial charge in [0.1, 0.15) is 19.3 Å². The van der Waals surface area contributed by atoms with E-state index in [0.29, 0.717) is 38.5 Å². The number of unbranched alkanes of at least 4 members (excludes halogenated alkanes) is 13. The zero-order chi connectivity index (χ0) is 74.6. The number of aliphatic hydroxyl groups excluding tert-OH is 1. The number of ether oxygens (including phenoxy) is 4. The summed E-state index contributed by atoms with van der Waals surface area (Å²) in [5, 5.41) is 10.6. The van der Waals surface area contributed by atoms with E-state index in [-0.39, 0.29) is 25.7 Å². The van der Waals surface area contributed by atoms with Crippen molar-refractivity contribution in [2.45, 2.75) is 277 Å². The molecule has 0 saturated heterocycles. The minimum atomic E-state index is -5.01. The number of rotatable bonds is 69. The second kappa shape index (κ2) is 73.5. The van der Waals surface area contributed by atoms with Crippen LogP contribution in [0.4, 0.5) is 0 Å². The number of phosphoric ester groups is 2. The lowest BCUT2D eigenvalue weighted by Gasteiger charge is -2.21. The van der Waals surface area contributed by atoms with Crippen LogP contribution in [0, 0.1) is 0 Å². The van der Waals surface area contributed by atoms with Gasteiger partial charge in [-0.1, -0.05) is 249 Å². The smallest absolute Gasteiger partial charge is 0.462 e. The fraction of sp³-hybridized carbons (Fsp3) is 0.590. The van der Waals surface area contributed by atoms with E-state index in [2.05, 4.69) is 198 Å². The van der Waals surface area contributed by atoms with Gasteiger partial charge in [0.25, 0.3) is 0 Å². The van der Waals surface area contributed by atoms with Crippen LogP contribution in [0.15, 0.2) is 182 Å². The number of aliphatic hydroxyl groups is 1. The Morgan fingerprint density at radius 1 is 0.284 bits per heavy atom. The van der Waals surface area contributed by atoms with Crippen LogP contribution in [0.2, 0.25) is 0 Å². The fourth-order valence-electron chi connectivity index (χ4n) is 9.16. The molecule has 0 aliphatic carbocycles. The van der Waals surface area contributed by atoms with Crippen LogP contribution in [0.5, 0.6) is 0 Å². The Hall–Kier alpha value is -5.84. The van der Waals surface area contributed by atoms with Gasteiger partial charge < -0.3 is 33.8 Å². The molecular formula is C83H132O17P2. The molecule has 3 N–H and O–H groups in total. The molecule has 0 saturated carbocycles. The maximum absolute atomic E-state index is 13.1. The first-order chi connectivity index (χ1) is 49.7. The maximum atomic E-state index is 13.1. The molecule has 0 rings (SSSR count). The van der Waals surface area contributed by atoms with Gasteiger partial charge in [0, 0.05) is 25.7 Å². The predicted octanol–water partition coefficient (Wildman–Crippen LogP) is 22.0. The first-order valence-electron chi connectivity index (χ1n) is 38.0. The minimum Gasteiger partial charge on any atom is -0.462 e. The second-order valence-electron chi connectivity index (χ2n) is 24.4. The van der Waals surface area contributed by atoms with Gasteiger partial charge in [-0.2, -0.15) is 0 Å². The summed E-state index contributed by atoms with van der Waals surface area (Å²) in [4.78, 5) is 72.9. The first-order valence-corrected chi connectivity index (χ1v) is 41.0. The molecule has 19 heteroatoms. The molecule has 0 aliphatic heterocycles. The van der Waals surface area contributed by atoms with Crippen LogP contribution < -0.4 is 0 Å². The Kier molecular flexibility index (Phi) is 69.3. The molecule has 0 aromatic rings. The van der Waals surface area contributed by atoms with Gasteiger partial charge in [0.05, 0.1) is 26.4 Å². The van der Waals surface area contributed by atoms with Crippen molar-refractivity contribution < 1.29 is 80.2 Å². The lowest BCUT2D eigenvalue weighted by molar-refractivity contribution is -0.161. The molecule has 0 aromatic heterocycles. The summed E-state index contributed by atoms with van der Waals surface area (Å²) in [6.07, 6.45) is 87.5. The lowest BCUT2D eigenvalue weighted by Crippen LogP contribution is -2.30. The third kappa shape index (κ3) is 72.5. The number of carbonyl (C=O) groups is 4. The Labute approximate surface area is 615 Å². The topological polar surface area (TPSA) is 237 Å². The molecule has 17 nitrogen and oxygen atoms in total. The molecular weight excluding hydrogens is 1330 g/mol. The van der Waals surface area contributed by atoms with Crippen LogP contribution in [0.3, 0.4) is 0 Å². The number of esters is 4. The number of hydrogen-bond donors (Lipinski definition) is 3. The number of hydrogen-bond acceptors (Lipinski definition) is 15. The Balaban J connectivity index is 5.49. The monoisotopic (exact) mass is 1460 g/mol. The van der Waals surface area contributed by atoms with Crippen molar-refractivity contribution in [3.05, 3.63) is 182 Å². The molecule has 5 unspecified atom stereocenters. The van der Waals surface area contributed by atoms with Crippen LogP contribution in [-0.4, -0.2) is 96.7 Å². The highest BCUT2D eigenvalue weighted by molar-refractivity contribution is 7.47. The van der Waals surface area contributed by atoms with Crippen LogP contribution in [0.25, 0.3) is 0 Å². The van der Waals surface area contributed by atoms with Gasteiger partial charge in [-0.15, -0.1) is 0 Å². The van der Waals surface area contributed by atoms with Crippen molar-refractivity contribution in [1.29, 1.82) is 0 Å². The van der Waals surface area contributed by atoms with Crippen molar-refractivity contribution in [2.24, 2.45) is 0 Å². The summed E-state index contributed by atoms with van der Waals surface area (Å²) in [6, 6.07) is 0. The molecule has 0 amide bonds. The SMILES string of the molecule is CC/C=C\C/C=C\C/C=C\C/C=C\C/C=C\CCCC(=O)OCC(COP(=O)(O)OCC(O)COP(=O)(O)OCC(COC(=O)CCCCCC/C=C\C/C=C\C/C=C\C/C=C\CC)OC(=O)CCCC/C=C\C/C=C\C/C=C\C/C=C\CC)OC(=O)CCCCCCC/C=C\C/C=C\CCC. The molecule has 0 heterocycles. The summed E-state index contributed by atoms with van der Waals surface area (Å²) in [7, 11) is -10.0. The number of phosphoric acid groups is 2. The van der Waals surface area contributed by atoms with E-state index in [9.17, 15) is 43.2 Å². The van der Waals surface area contributed by atoms with Crippen molar-refractivity contribution in [1.82, 2.24) is 0 Å². The standard InChI is InChI=1S/C83H132O17P2/c1-5-9-13-17-21-25-29-33-36-38-41-44-47-51-55-59-63-67-80(85)93-73-78(99-82(87)69-65-61-57-53-49-43-32-28-24-20-16-12-8-4)75-97-101(89,90)95-71-77(84)72-96-102(91,92)98-76-79(100-83(88)70-66-62-58-54-50-46-40-35-31-27-23-19-15-11-7-3)74-94-81(86)68-64-60-56-52-48-45-42-39-37-34-30-26-22-18-14-10-6-2/h9-11,13-16,20-23,25-28,32-37,40-42,44-45,50-51,54-55,77-79,84H,5-8,12,17-19,24,29-31,38-39,43,46-49,52-53,56-76H2,1-4H3,(H,89,90)(H,91,92)/b13-9-,14-10-,15-11-,20-16-,25-21-,26-22-,27-23-,32-28-,36-33-,37-34-,40-35-,44-41-,45-42-,54-50-,55-51-. The van der Waals surface area contributed by atoms with Crippen molar-refractivity contribution >= 4 is 39.5 Å². The molecule has 0 aliphatic rings. The average Bonchev–Trinajstić information content (AvgIpc) is 0.908. The van der Waals surface area contributed by atoms with Gasteiger partial charge >= 0.3 is 39.5 Å². The molecule has 0 radical (unpaired) electrons. The Morgan fingerprint density at radius 2 is 0.520 bits per heavy atom. The van der Waals surface area contributed by atoms with Crippen molar-refractivity contribution in [3.63, 3.8) is 0 Å². The molecule has 0 spiro atoms. The maximum Gasteiger partial charge on any atom is 0.472 e. The normalized spacial score (nSPS) is 14.9. The van der Waals surface area contributed by atoms with Crippen LogP contribution in [-0.2, 0) is 65.4 Å². The van der Waals surface area contributed by atoms with E-state index in [4.69, 9.17) is 37.0 Å². The lowest BCUT2D eigenvalue weighted by atomic mass is 10.1. The predicted molar refractivity (Wildman–Crippen MR) is 417 cm³/mol.